The molecule has 0 aliphatic heterocycles. The van der Waals surface area contributed by atoms with Gasteiger partial charge in [-0.25, -0.2) is 15.0 Å². The van der Waals surface area contributed by atoms with Crippen LogP contribution in [0.3, 0.4) is 0 Å². The summed E-state index contributed by atoms with van der Waals surface area (Å²) < 4.78 is 1.86. The van der Waals surface area contributed by atoms with Gasteiger partial charge in [0.05, 0.1) is 6.33 Å². The van der Waals surface area contributed by atoms with Gasteiger partial charge in [0.15, 0.2) is 16.6 Å². The number of fused-ring (bicyclic) bond motifs is 1. The number of nitrogens with two attached hydrogens (primary N) is 1. The van der Waals surface area contributed by atoms with Crippen LogP contribution < -0.4 is 5.73 Å². The molecule has 0 saturated heterocycles. The van der Waals surface area contributed by atoms with E-state index < -0.39 is 0 Å². The molecule has 2 N–H and O–H groups in total. The SMILES string of the molecule is Cn1cnc2c(N)nc(SCCCc3ccccc3)nc21. The molecule has 0 saturated carbocycles. The monoisotopic (exact) mass is 299 g/mol. The number of thioether (sulfide) groups is 1. The Morgan fingerprint density at radius 2 is 2.00 bits per heavy atom. The fourth-order valence-electron chi connectivity index (χ4n) is 2.16. The molecular formula is C15H17N5S. The number of aromatic nitrogens is 4. The Bertz CT molecular complexity index is 738. The molecule has 0 bridgehead atoms. The second-order valence-corrected chi connectivity index (χ2v) is 5.92. The fraction of sp³-hybridized carbons (Fsp3) is 0.267. The predicted octanol–water partition coefficient (Wildman–Crippen LogP) is 2.67. The first-order valence-electron chi connectivity index (χ1n) is 6.85. The standard InChI is InChI=1S/C15H17N5S/c1-20-10-17-12-13(16)18-15(19-14(12)20)21-9-5-8-11-6-3-2-4-7-11/h2-4,6-7,10H,5,8-9H2,1H3,(H2,16,18,19). The van der Waals surface area contributed by atoms with Crippen molar-refractivity contribution in [3.8, 4) is 0 Å². The summed E-state index contributed by atoms with van der Waals surface area (Å²) in [5, 5.41) is 0.719. The van der Waals surface area contributed by atoms with Crippen molar-refractivity contribution < 1.29 is 0 Å². The molecule has 0 unspecified atom stereocenters. The van der Waals surface area contributed by atoms with Crippen molar-refractivity contribution in [3.05, 3.63) is 42.2 Å². The average Bonchev–Trinajstić information content (AvgIpc) is 2.87. The zero-order chi connectivity index (χ0) is 14.7. The topological polar surface area (TPSA) is 69.6 Å². The highest BCUT2D eigenvalue weighted by Crippen LogP contribution is 2.21. The van der Waals surface area contributed by atoms with Crippen LogP contribution in [0.2, 0.25) is 0 Å². The summed E-state index contributed by atoms with van der Waals surface area (Å²) in [5.74, 6) is 1.42. The quantitative estimate of drug-likeness (QED) is 0.445. The molecule has 0 spiro atoms. The van der Waals surface area contributed by atoms with Crippen molar-refractivity contribution in [2.45, 2.75) is 18.0 Å². The zero-order valence-corrected chi connectivity index (χ0v) is 12.7. The third-order valence-electron chi connectivity index (χ3n) is 3.25. The van der Waals surface area contributed by atoms with E-state index in [1.807, 2.05) is 17.7 Å². The first-order chi connectivity index (χ1) is 10.2. The van der Waals surface area contributed by atoms with Crippen LogP contribution >= 0.6 is 11.8 Å². The second-order valence-electron chi connectivity index (χ2n) is 4.86. The van der Waals surface area contributed by atoms with Crippen molar-refractivity contribution in [1.29, 1.82) is 0 Å². The van der Waals surface area contributed by atoms with Gasteiger partial charge in [-0.2, -0.15) is 0 Å². The molecule has 3 rings (SSSR count). The van der Waals surface area contributed by atoms with Gasteiger partial charge in [-0.3, -0.25) is 0 Å². The molecule has 2 aromatic heterocycles. The summed E-state index contributed by atoms with van der Waals surface area (Å²) in [5.41, 5.74) is 8.74. The summed E-state index contributed by atoms with van der Waals surface area (Å²) in [6.45, 7) is 0. The van der Waals surface area contributed by atoms with E-state index in [2.05, 4.69) is 39.2 Å². The van der Waals surface area contributed by atoms with E-state index in [-0.39, 0.29) is 0 Å². The number of nitrogen functional groups attached to an aromatic ring is 1. The maximum absolute atomic E-state index is 5.93. The average molecular weight is 299 g/mol. The van der Waals surface area contributed by atoms with Crippen LogP contribution in [-0.4, -0.2) is 25.3 Å². The molecule has 3 aromatic rings. The van der Waals surface area contributed by atoms with Crippen LogP contribution in [0.15, 0.2) is 41.8 Å². The minimum absolute atomic E-state index is 0.450. The van der Waals surface area contributed by atoms with E-state index in [0.717, 1.165) is 29.4 Å². The van der Waals surface area contributed by atoms with E-state index in [9.17, 15) is 0 Å². The summed E-state index contributed by atoms with van der Waals surface area (Å²) in [4.78, 5) is 13.0. The van der Waals surface area contributed by atoms with E-state index in [1.165, 1.54) is 5.56 Å². The lowest BCUT2D eigenvalue weighted by Gasteiger charge is -2.03. The van der Waals surface area contributed by atoms with Gasteiger partial charge in [0.1, 0.15) is 5.52 Å². The normalized spacial score (nSPS) is 11.1. The van der Waals surface area contributed by atoms with Gasteiger partial charge in [0, 0.05) is 12.8 Å². The Morgan fingerprint density at radius 3 is 2.81 bits per heavy atom. The molecule has 6 heteroatoms. The Hall–Kier alpha value is -2.08. The van der Waals surface area contributed by atoms with Crippen molar-refractivity contribution in [3.63, 3.8) is 0 Å². The maximum atomic E-state index is 5.93. The molecule has 0 amide bonds. The fourth-order valence-corrected chi connectivity index (χ4v) is 2.94. The number of anilines is 1. The van der Waals surface area contributed by atoms with Crippen LogP contribution in [-0.2, 0) is 13.5 Å². The lowest BCUT2D eigenvalue weighted by Crippen LogP contribution is -1.99. The zero-order valence-electron chi connectivity index (χ0n) is 11.9. The summed E-state index contributed by atoms with van der Waals surface area (Å²) in [6, 6.07) is 10.5. The Kier molecular flexibility index (Phi) is 4.06. The largest absolute Gasteiger partial charge is 0.382 e. The summed E-state index contributed by atoms with van der Waals surface area (Å²) in [6.07, 6.45) is 3.86. The van der Waals surface area contributed by atoms with Gasteiger partial charge in [0.2, 0.25) is 0 Å². The third-order valence-corrected chi connectivity index (χ3v) is 4.18. The molecule has 0 atom stereocenters. The van der Waals surface area contributed by atoms with Crippen molar-refractivity contribution in [2.75, 3.05) is 11.5 Å². The van der Waals surface area contributed by atoms with Crippen LogP contribution in [0.5, 0.6) is 0 Å². The lowest BCUT2D eigenvalue weighted by atomic mass is 10.1. The Balaban J connectivity index is 1.62. The van der Waals surface area contributed by atoms with Gasteiger partial charge in [-0.1, -0.05) is 42.1 Å². The maximum Gasteiger partial charge on any atom is 0.191 e. The molecule has 5 nitrogen and oxygen atoms in total. The van der Waals surface area contributed by atoms with E-state index in [1.54, 1.807) is 18.1 Å². The van der Waals surface area contributed by atoms with Gasteiger partial charge in [-0.15, -0.1) is 0 Å². The molecule has 0 aliphatic carbocycles. The van der Waals surface area contributed by atoms with Crippen molar-refractivity contribution in [2.24, 2.45) is 7.05 Å². The van der Waals surface area contributed by atoms with Gasteiger partial charge >= 0.3 is 0 Å². The predicted molar refractivity (Wildman–Crippen MR) is 86.2 cm³/mol. The van der Waals surface area contributed by atoms with Crippen LogP contribution in [0.25, 0.3) is 11.2 Å². The smallest absolute Gasteiger partial charge is 0.191 e. The van der Waals surface area contributed by atoms with Gasteiger partial charge < -0.3 is 10.3 Å². The summed E-state index contributed by atoms with van der Waals surface area (Å²) in [7, 11) is 1.91. The molecule has 0 aliphatic rings. The summed E-state index contributed by atoms with van der Waals surface area (Å²) >= 11 is 1.64. The minimum atomic E-state index is 0.450. The number of aryl methyl sites for hydroxylation is 2. The molecule has 1 aromatic carbocycles. The highest BCUT2D eigenvalue weighted by molar-refractivity contribution is 7.99. The van der Waals surface area contributed by atoms with Crippen LogP contribution in [0.1, 0.15) is 12.0 Å². The lowest BCUT2D eigenvalue weighted by molar-refractivity contribution is 0.896. The number of hydrogen-bond donors (Lipinski definition) is 1. The van der Waals surface area contributed by atoms with Gasteiger partial charge in [-0.05, 0) is 18.4 Å². The van der Waals surface area contributed by atoms with Crippen molar-refractivity contribution in [1.82, 2.24) is 19.5 Å². The van der Waals surface area contributed by atoms with E-state index in [0.29, 0.717) is 11.3 Å². The molecular weight excluding hydrogens is 282 g/mol. The molecule has 2 heterocycles. The first-order valence-corrected chi connectivity index (χ1v) is 7.84. The third kappa shape index (κ3) is 3.16. The number of imidazole rings is 1. The number of hydrogen-bond acceptors (Lipinski definition) is 5. The highest BCUT2D eigenvalue weighted by atomic mass is 32.2. The Labute approximate surface area is 127 Å². The molecule has 21 heavy (non-hydrogen) atoms. The second kappa shape index (κ2) is 6.13. The Morgan fingerprint density at radius 1 is 1.19 bits per heavy atom. The molecule has 0 fully saturated rings. The van der Waals surface area contributed by atoms with Crippen LogP contribution in [0.4, 0.5) is 5.82 Å². The van der Waals surface area contributed by atoms with Gasteiger partial charge in [0.25, 0.3) is 0 Å². The van der Waals surface area contributed by atoms with E-state index >= 15 is 0 Å². The minimum Gasteiger partial charge on any atom is -0.382 e. The molecule has 0 radical (unpaired) electrons. The number of rotatable bonds is 5. The first kappa shape index (κ1) is 13.9. The van der Waals surface area contributed by atoms with E-state index in [4.69, 9.17) is 5.73 Å². The molecule has 108 valence electrons. The highest BCUT2D eigenvalue weighted by Gasteiger charge is 2.09. The number of benzene rings is 1. The number of nitrogens with zero attached hydrogens (tertiary/aromatic N) is 4. The van der Waals surface area contributed by atoms with Crippen molar-refractivity contribution >= 4 is 28.7 Å². The van der Waals surface area contributed by atoms with Crippen LogP contribution in [0, 0.1) is 0 Å².